The van der Waals surface area contributed by atoms with Crippen LogP contribution in [0.4, 0.5) is 3.89 Å². The third-order valence-corrected chi connectivity index (χ3v) is 7.17. The van der Waals surface area contributed by atoms with Crippen LogP contribution in [0.5, 0.6) is 0 Å². The Morgan fingerprint density at radius 1 is 0.875 bits per heavy atom. The van der Waals surface area contributed by atoms with Gasteiger partial charge in [0.25, 0.3) is 0 Å². The fourth-order valence-electron chi connectivity index (χ4n) is 4.20. The van der Waals surface area contributed by atoms with Crippen molar-refractivity contribution < 1.29 is 3.89 Å². The van der Waals surface area contributed by atoms with Crippen molar-refractivity contribution in [2.75, 3.05) is 0 Å². The van der Waals surface area contributed by atoms with Gasteiger partial charge in [-0.1, -0.05) is 53.7 Å². The van der Waals surface area contributed by atoms with Gasteiger partial charge in [-0.05, 0) is 75.6 Å². The smallest absolute Gasteiger partial charge is 0.144 e. The van der Waals surface area contributed by atoms with Gasteiger partial charge in [0.05, 0.1) is 22.6 Å². The number of nitrogens with zero attached hydrogens (tertiary/aromatic N) is 2. The van der Waals surface area contributed by atoms with Crippen LogP contribution in [0.15, 0.2) is 82.8 Å². The van der Waals surface area contributed by atoms with Gasteiger partial charge in [0, 0.05) is 27.7 Å². The molecule has 164 valence electrons. The zero-order chi connectivity index (χ0) is 22.9. The summed E-state index contributed by atoms with van der Waals surface area (Å²) in [6.07, 6.45) is 3.82. The number of hydrogen-bond donors (Lipinski definition) is 0. The van der Waals surface area contributed by atoms with E-state index in [4.69, 9.17) is 4.98 Å². The van der Waals surface area contributed by atoms with Crippen molar-refractivity contribution in [3.8, 4) is 17.1 Å². The Bertz CT molecular complexity index is 1220. The van der Waals surface area contributed by atoms with Crippen molar-refractivity contribution in [3.05, 3.63) is 95.3 Å². The molecule has 0 radical (unpaired) electrons. The Labute approximate surface area is 198 Å². The van der Waals surface area contributed by atoms with E-state index in [2.05, 4.69) is 61.7 Å². The lowest BCUT2D eigenvalue weighted by molar-refractivity contribution is 0.741. The lowest BCUT2D eigenvalue weighted by Gasteiger charge is -2.24. The number of imidazole rings is 1. The molecule has 0 unspecified atom stereocenters. The second kappa shape index (κ2) is 9.16. The zero-order valence-corrected chi connectivity index (χ0v) is 20.7. The fraction of sp³-hybridized carbons (Fsp3) is 0.222. The molecule has 32 heavy (non-hydrogen) atoms. The van der Waals surface area contributed by atoms with Gasteiger partial charge in [0.2, 0.25) is 0 Å². The third kappa shape index (κ3) is 4.50. The topological polar surface area (TPSA) is 17.8 Å². The van der Waals surface area contributed by atoms with E-state index >= 15 is 0 Å². The molecule has 3 aromatic carbocycles. The summed E-state index contributed by atoms with van der Waals surface area (Å²) in [6.45, 7) is 10.2. The van der Waals surface area contributed by atoms with Crippen molar-refractivity contribution in [1.29, 1.82) is 0 Å². The highest BCUT2D eigenvalue weighted by Gasteiger charge is 2.28. The Hall–Kier alpha value is -2.50. The average Bonchev–Trinajstić information content (AvgIpc) is 3.23. The minimum Gasteiger partial charge on any atom is -0.299 e. The van der Waals surface area contributed by atoms with Gasteiger partial charge >= 0.3 is 0 Å². The number of hydrogen-bond acceptors (Lipinski definition) is 3. The van der Waals surface area contributed by atoms with Crippen LogP contribution in [0.25, 0.3) is 17.1 Å². The fourth-order valence-corrected chi connectivity index (χ4v) is 5.34. The Morgan fingerprint density at radius 3 is 2.22 bits per heavy atom. The SMILES string of the molecule is Cc1cc(C)c(-n2ccnc2-c2cc(Sc3ccccc3)ccc2C(C)(C)SF)c(C)c1. The number of benzene rings is 3. The normalized spacial score (nSPS) is 11.7. The van der Waals surface area contributed by atoms with Crippen LogP contribution >= 0.6 is 23.9 Å². The molecule has 0 aliphatic carbocycles. The summed E-state index contributed by atoms with van der Waals surface area (Å²) in [5, 5.41) is 0. The maximum Gasteiger partial charge on any atom is 0.144 e. The molecule has 0 aliphatic heterocycles. The van der Waals surface area contributed by atoms with Crippen molar-refractivity contribution in [3.63, 3.8) is 0 Å². The maximum atomic E-state index is 14.0. The summed E-state index contributed by atoms with van der Waals surface area (Å²) in [5.41, 5.74) is 6.63. The quantitative estimate of drug-likeness (QED) is 0.286. The third-order valence-electron chi connectivity index (χ3n) is 5.57. The van der Waals surface area contributed by atoms with Crippen LogP contribution in [0.1, 0.15) is 36.1 Å². The number of aryl methyl sites for hydroxylation is 3. The number of aromatic nitrogens is 2. The predicted molar refractivity (Wildman–Crippen MR) is 136 cm³/mol. The van der Waals surface area contributed by atoms with E-state index in [0.717, 1.165) is 27.5 Å². The van der Waals surface area contributed by atoms with Gasteiger partial charge < -0.3 is 0 Å². The summed E-state index contributed by atoms with van der Waals surface area (Å²) < 4.78 is 15.4. The standard InChI is InChI=1S/C27H27FN2S2/c1-18-15-19(2)25(20(3)16-18)30-14-13-29-26(30)23-17-22(31-21-9-7-6-8-10-21)11-12-24(23)27(4,5)32-28/h6-17H,1-5H3. The zero-order valence-electron chi connectivity index (χ0n) is 19.0. The molecule has 4 rings (SSSR count). The average molecular weight is 463 g/mol. The highest BCUT2D eigenvalue weighted by molar-refractivity contribution is 7.99. The van der Waals surface area contributed by atoms with Crippen LogP contribution in [-0.2, 0) is 4.75 Å². The van der Waals surface area contributed by atoms with Gasteiger partial charge in [0.15, 0.2) is 0 Å². The highest BCUT2D eigenvalue weighted by Crippen LogP contribution is 2.43. The molecule has 5 heteroatoms. The van der Waals surface area contributed by atoms with Crippen molar-refractivity contribution in [2.24, 2.45) is 0 Å². The molecule has 1 aromatic heterocycles. The van der Waals surface area contributed by atoms with Crippen LogP contribution in [0, 0.1) is 20.8 Å². The molecule has 0 bridgehead atoms. The first-order valence-electron chi connectivity index (χ1n) is 10.6. The summed E-state index contributed by atoms with van der Waals surface area (Å²) >= 11 is 2.07. The van der Waals surface area contributed by atoms with E-state index in [0.29, 0.717) is 12.1 Å². The van der Waals surface area contributed by atoms with Gasteiger partial charge in [-0.2, -0.15) is 3.89 Å². The van der Waals surface area contributed by atoms with E-state index in [9.17, 15) is 3.89 Å². The molecule has 0 saturated carbocycles. The van der Waals surface area contributed by atoms with Crippen LogP contribution in [0.2, 0.25) is 0 Å². The summed E-state index contributed by atoms with van der Waals surface area (Å²) in [6, 6.07) is 20.9. The molecule has 0 spiro atoms. The molecule has 0 fully saturated rings. The van der Waals surface area contributed by atoms with Gasteiger partial charge in [-0.3, -0.25) is 4.57 Å². The Kier molecular flexibility index (Phi) is 6.50. The molecule has 0 saturated heterocycles. The van der Waals surface area contributed by atoms with E-state index in [-0.39, 0.29) is 0 Å². The predicted octanol–water partition coefficient (Wildman–Crippen LogP) is 8.47. The molecule has 0 atom stereocenters. The minimum absolute atomic E-state index is 0.368. The molecule has 0 N–H and O–H groups in total. The summed E-state index contributed by atoms with van der Waals surface area (Å²) in [7, 11) is 0. The van der Waals surface area contributed by atoms with E-state index in [1.54, 1.807) is 11.8 Å². The lowest BCUT2D eigenvalue weighted by Crippen LogP contribution is -2.13. The van der Waals surface area contributed by atoms with Gasteiger partial charge in [-0.25, -0.2) is 4.98 Å². The summed E-state index contributed by atoms with van der Waals surface area (Å²) in [5.74, 6) is 0.827. The monoisotopic (exact) mass is 462 g/mol. The molecule has 0 amide bonds. The van der Waals surface area contributed by atoms with Crippen LogP contribution < -0.4 is 0 Å². The second-order valence-electron chi connectivity index (χ2n) is 8.58. The van der Waals surface area contributed by atoms with Crippen LogP contribution in [-0.4, -0.2) is 9.55 Å². The van der Waals surface area contributed by atoms with Crippen molar-refractivity contribution in [2.45, 2.75) is 49.2 Å². The highest BCUT2D eigenvalue weighted by atomic mass is 32.2. The first-order valence-corrected chi connectivity index (χ1v) is 12.1. The molecule has 2 nitrogen and oxygen atoms in total. The van der Waals surface area contributed by atoms with E-state index in [1.807, 2.05) is 50.5 Å². The molecular formula is C27H27FN2S2. The minimum atomic E-state index is -0.695. The second-order valence-corrected chi connectivity index (χ2v) is 10.9. The Morgan fingerprint density at radius 2 is 1.56 bits per heavy atom. The molecular weight excluding hydrogens is 435 g/mol. The Balaban J connectivity index is 1.90. The van der Waals surface area contributed by atoms with Gasteiger partial charge in [0.1, 0.15) is 5.82 Å². The molecule has 1 heterocycles. The lowest BCUT2D eigenvalue weighted by atomic mass is 9.95. The molecule has 0 aliphatic rings. The summed E-state index contributed by atoms with van der Waals surface area (Å²) in [4.78, 5) is 7.01. The van der Waals surface area contributed by atoms with Crippen LogP contribution in [0.3, 0.4) is 0 Å². The number of rotatable bonds is 6. The first kappa shape index (κ1) is 22.7. The van der Waals surface area contributed by atoms with E-state index in [1.165, 1.54) is 21.6 Å². The van der Waals surface area contributed by atoms with Crippen molar-refractivity contribution in [1.82, 2.24) is 9.55 Å². The maximum absolute atomic E-state index is 14.0. The van der Waals surface area contributed by atoms with Crippen molar-refractivity contribution >= 4 is 23.9 Å². The van der Waals surface area contributed by atoms with E-state index < -0.39 is 4.75 Å². The first-order chi connectivity index (χ1) is 15.3. The van der Waals surface area contributed by atoms with Gasteiger partial charge in [-0.15, -0.1) is 0 Å². The molecule has 4 aromatic rings. The number of halogens is 1. The largest absolute Gasteiger partial charge is 0.299 e.